The summed E-state index contributed by atoms with van der Waals surface area (Å²) < 4.78 is 45.2. The fraction of sp³-hybridized carbons (Fsp3) is 0.150. The third kappa shape index (κ3) is 4.34. The smallest absolute Gasteiger partial charge is 0.418 e. The molecular formula is C20H15ClF3NO2. The van der Waals surface area contributed by atoms with Gasteiger partial charge in [0, 0.05) is 10.4 Å². The molecule has 0 bridgehead atoms. The first-order chi connectivity index (χ1) is 12.8. The maximum Gasteiger partial charge on any atom is 0.418 e. The molecule has 0 spiro atoms. The van der Waals surface area contributed by atoms with E-state index in [2.05, 4.69) is 5.32 Å². The number of amides is 1. The number of alkyl halides is 3. The Kier molecular flexibility index (Phi) is 5.28. The highest BCUT2D eigenvalue weighted by Gasteiger charge is 2.34. The first-order valence-electron chi connectivity index (χ1n) is 8.08. The van der Waals surface area contributed by atoms with Gasteiger partial charge < -0.3 is 10.1 Å². The highest BCUT2D eigenvalue weighted by Crippen LogP contribution is 2.36. The largest absolute Gasteiger partial charge is 0.480 e. The van der Waals surface area contributed by atoms with Crippen LogP contribution in [0.4, 0.5) is 18.9 Å². The Bertz CT molecular complexity index is 983. The third-order valence-corrected chi connectivity index (χ3v) is 4.20. The van der Waals surface area contributed by atoms with E-state index in [9.17, 15) is 18.0 Å². The number of fused-ring (bicyclic) bond motifs is 1. The molecule has 0 radical (unpaired) electrons. The highest BCUT2D eigenvalue weighted by atomic mass is 35.5. The zero-order valence-corrected chi connectivity index (χ0v) is 14.9. The lowest BCUT2D eigenvalue weighted by molar-refractivity contribution is -0.137. The van der Waals surface area contributed by atoms with Crippen molar-refractivity contribution in [3.63, 3.8) is 0 Å². The number of halogens is 4. The molecule has 3 aromatic carbocycles. The van der Waals surface area contributed by atoms with Crippen LogP contribution >= 0.6 is 11.6 Å². The van der Waals surface area contributed by atoms with Crippen LogP contribution in [0.15, 0.2) is 60.7 Å². The van der Waals surface area contributed by atoms with Crippen molar-refractivity contribution in [2.24, 2.45) is 0 Å². The molecule has 0 unspecified atom stereocenters. The van der Waals surface area contributed by atoms with Crippen LogP contribution in [-0.4, -0.2) is 12.0 Å². The molecule has 140 valence electrons. The molecule has 3 nitrogen and oxygen atoms in total. The van der Waals surface area contributed by atoms with Crippen LogP contribution in [0.25, 0.3) is 10.8 Å². The summed E-state index contributed by atoms with van der Waals surface area (Å²) in [4.78, 5) is 12.4. The van der Waals surface area contributed by atoms with Crippen LogP contribution in [-0.2, 0) is 11.0 Å². The molecule has 1 N–H and O–H groups in total. The monoisotopic (exact) mass is 393 g/mol. The van der Waals surface area contributed by atoms with Crippen molar-refractivity contribution in [2.45, 2.75) is 19.2 Å². The Hall–Kier alpha value is -2.73. The molecule has 0 aliphatic carbocycles. The molecule has 0 aliphatic heterocycles. The minimum Gasteiger partial charge on any atom is -0.480 e. The Labute approximate surface area is 158 Å². The SMILES string of the molecule is C[C@@H](Oc1cccc2ccccc12)C(=O)Nc1ccc(Cl)cc1C(F)(F)F. The number of hydrogen-bond acceptors (Lipinski definition) is 2. The van der Waals surface area contributed by atoms with Gasteiger partial charge in [-0.15, -0.1) is 0 Å². The van der Waals surface area contributed by atoms with Crippen LogP contribution in [0.3, 0.4) is 0 Å². The van der Waals surface area contributed by atoms with Crippen LogP contribution in [0.2, 0.25) is 5.02 Å². The van der Waals surface area contributed by atoms with Crippen molar-refractivity contribution in [1.82, 2.24) is 0 Å². The number of rotatable bonds is 4. The average molecular weight is 394 g/mol. The standard InChI is InChI=1S/C20H15ClF3NO2/c1-12(27-18-8-4-6-13-5-2-3-7-15(13)18)19(26)25-17-10-9-14(21)11-16(17)20(22,23)24/h2-12H,1H3,(H,25,26)/t12-/m1/s1. The van der Waals surface area contributed by atoms with Crippen LogP contribution < -0.4 is 10.1 Å². The van der Waals surface area contributed by atoms with Gasteiger partial charge in [0.15, 0.2) is 6.10 Å². The van der Waals surface area contributed by atoms with E-state index in [0.717, 1.165) is 22.9 Å². The van der Waals surface area contributed by atoms with Gasteiger partial charge in [-0.3, -0.25) is 4.79 Å². The van der Waals surface area contributed by atoms with E-state index < -0.39 is 23.8 Å². The van der Waals surface area contributed by atoms with Crippen LogP contribution in [0.5, 0.6) is 5.75 Å². The van der Waals surface area contributed by atoms with Gasteiger partial charge in [-0.1, -0.05) is 48.0 Å². The second-order valence-corrected chi connectivity index (χ2v) is 6.35. The molecule has 0 aliphatic rings. The molecule has 0 saturated carbocycles. The van der Waals surface area contributed by atoms with Gasteiger partial charge in [0.25, 0.3) is 5.91 Å². The fourth-order valence-electron chi connectivity index (χ4n) is 2.64. The maximum atomic E-state index is 13.2. The Morgan fingerprint density at radius 3 is 2.52 bits per heavy atom. The zero-order valence-electron chi connectivity index (χ0n) is 14.2. The van der Waals surface area contributed by atoms with Crippen LogP contribution in [0, 0.1) is 0 Å². The van der Waals surface area contributed by atoms with E-state index in [1.807, 2.05) is 30.3 Å². The molecule has 0 aromatic heterocycles. The summed E-state index contributed by atoms with van der Waals surface area (Å²) in [5.41, 5.74) is -1.38. The fourth-order valence-corrected chi connectivity index (χ4v) is 2.81. The average Bonchev–Trinajstić information content (AvgIpc) is 2.62. The second-order valence-electron chi connectivity index (χ2n) is 5.91. The van der Waals surface area contributed by atoms with E-state index in [-0.39, 0.29) is 10.7 Å². The quantitative estimate of drug-likeness (QED) is 0.597. The van der Waals surface area contributed by atoms with E-state index in [1.54, 1.807) is 12.1 Å². The summed E-state index contributed by atoms with van der Waals surface area (Å²) in [6.45, 7) is 1.47. The second kappa shape index (κ2) is 7.48. The van der Waals surface area contributed by atoms with Gasteiger partial charge in [-0.25, -0.2) is 0 Å². The molecule has 1 atom stereocenters. The molecule has 0 heterocycles. The van der Waals surface area contributed by atoms with Crippen molar-refractivity contribution in [1.29, 1.82) is 0 Å². The van der Waals surface area contributed by atoms with Crippen LogP contribution in [0.1, 0.15) is 12.5 Å². The number of hydrogen-bond donors (Lipinski definition) is 1. The molecule has 1 amide bonds. The van der Waals surface area contributed by atoms with Crippen molar-refractivity contribution < 1.29 is 22.7 Å². The third-order valence-electron chi connectivity index (χ3n) is 3.97. The van der Waals surface area contributed by atoms with Gasteiger partial charge in [0.2, 0.25) is 0 Å². The minimum atomic E-state index is -4.65. The lowest BCUT2D eigenvalue weighted by atomic mass is 10.1. The van der Waals surface area contributed by atoms with E-state index >= 15 is 0 Å². The van der Waals surface area contributed by atoms with Crippen molar-refractivity contribution in [3.05, 3.63) is 71.2 Å². The van der Waals surface area contributed by atoms with E-state index in [1.165, 1.54) is 13.0 Å². The minimum absolute atomic E-state index is 0.0691. The predicted octanol–water partition coefficient (Wildman–Crippen LogP) is 5.92. The van der Waals surface area contributed by atoms with Gasteiger partial charge >= 0.3 is 6.18 Å². The van der Waals surface area contributed by atoms with Crippen molar-refractivity contribution >= 4 is 34.0 Å². The van der Waals surface area contributed by atoms with Gasteiger partial charge in [0.1, 0.15) is 5.75 Å². The summed E-state index contributed by atoms with van der Waals surface area (Å²) in [6, 6.07) is 16.0. The highest BCUT2D eigenvalue weighted by molar-refractivity contribution is 6.30. The molecule has 3 aromatic rings. The number of carbonyl (C=O) groups is 1. The normalized spacial score (nSPS) is 12.6. The number of carbonyl (C=O) groups excluding carboxylic acids is 1. The molecule has 0 fully saturated rings. The van der Waals surface area contributed by atoms with Crippen molar-refractivity contribution in [2.75, 3.05) is 5.32 Å². The number of anilines is 1. The molecule has 0 saturated heterocycles. The van der Waals surface area contributed by atoms with Gasteiger partial charge in [-0.05, 0) is 36.6 Å². The summed E-state index contributed by atoms with van der Waals surface area (Å²) in [5, 5.41) is 3.94. The Morgan fingerprint density at radius 2 is 1.78 bits per heavy atom. The van der Waals surface area contributed by atoms with Gasteiger partial charge in [-0.2, -0.15) is 13.2 Å². The van der Waals surface area contributed by atoms with E-state index in [4.69, 9.17) is 16.3 Å². The lowest BCUT2D eigenvalue weighted by Crippen LogP contribution is -2.31. The molecule has 27 heavy (non-hydrogen) atoms. The van der Waals surface area contributed by atoms with Crippen molar-refractivity contribution in [3.8, 4) is 5.75 Å². The number of nitrogens with one attached hydrogen (secondary N) is 1. The topological polar surface area (TPSA) is 38.3 Å². The molecule has 3 rings (SSSR count). The molecule has 7 heteroatoms. The lowest BCUT2D eigenvalue weighted by Gasteiger charge is -2.18. The predicted molar refractivity (Wildman–Crippen MR) is 99.1 cm³/mol. The van der Waals surface area contributed by atoms with Gasteiger partial charge in [0.05, 0.1) is 11.3 Å². The number of benzene rings is 3. The summed E-state index contributed by atoms with van der Waals surface area (Å²) in [5.74, 6) is -0.223. The zero-order chi connectivity index (χ0) is 19.6. The summed E-state index contributed by atoms with van der Waals surface area (Å²) >= 11 is 5.65. The Morgan fingerprint density at radius 1 is 1.07 bits per heavy atom. The summed E-state index contributed by atoms with van der Waals surface area (Å²) in [6.07, 6.45) is -5.65. The van der Waals surface area contributed by atoms with E-state index in [0.29, 0.717) is 5.75 Å². The number of ether oxygens (including phenoxy) is 1. The molecular weight excluding hydrogens is 379 g/mol. The summed E-state index contributed by atoms with van der Waals surface area (Å²) in [7, 11) is 0. The first kappa shape index (κ1) is 19.0. The maximum absolute atomic E-state index is 13.2. The Balaban J connectivity index is 1.81. The first-order valence-corrected chi connectivity index (χ1v) is 8.45.